The number of methoxy groups -OCH3 is 2. The third kappa shape index (κ3) is 4.24. The topological polar surface area (TPSA) is 99.9 Å². The van der Waals surface area contributed by atoms with Crippen molar-refractivity contribution in [1.29, 1.82) is 0 Å². The van der Waals surface area contributed by atoms with Crippen molar-refractivity contribution < 1.29 is 23.8 Å². The summed E-state index contributed by atoms with van der Waals surface area (Å²) in [5, 5.41) is 2.66. The molecule has 7 nitrogen and oxygen atoms in total. The van der Waals surface area contributed by atoms with E-state index in [1.165, 1.54) is 26.4 Å². The van der Waals surface area contributed by atoms with Crippen LogP contribution < -0.4 is 20.5 Å². The second-order valence-corrected chi connectivity index (χ2v) is 4.31. The lowest BCUT2D eigenvalue weighted by Gasteiger charge is -2.14. The van der Waals surface area contributed by atoms with Gasteiger partial charge in [0.2, 0.25) is 0 Å². The fraction of sp³-hybridized carbons (Fsp3) is 0.385. The molecule has 0 aliphatic heterocycles. The molecular formula is C13H17ClN2O5. The highest BCUT2D eigenvalue weighted by molar-refractivity contribution is 6.34. The van der Waals surface area contributed by atoms with Gasteiger partial charge in [-0.05, 0) is 6.92 Å². The number of benzene rings is 1. The number of amides is 1. The molecule has 0 aliphatic rings. The minimum absolute atomic E-state index is 0.136. The van der Waals surface area contributed by atoms with Gasteiger partial charge in [-0.15, -0.1) is 0 Å². The van der Waals surface area contributed by atoms with Crippen molar-refractivity contribution in [2.45, 2.75) is 13.0 Å². The zero-order chi connectivity index (χ0) is 16.0. The second kappa shape index (κ2) is 7.70. The molecule has 0 spiro atoms. The van der Waals surface area contributed by atoms with Crippen LogP contribution >= 0.6 is 11.6 Å². The molecule has 0 radical (unpaired) electrons. The Hall–Kier alpha value is -1.99. The van der Waals surface area contributed by atoms with Gasteiger partial charge < -0.3 is 25.3 Å². The van der Waals surface area contributed by atoms with Crippen molar-refractivity contribution in [2.24, 2.45) is 5.73 Å². The fourth-order valence-corrected chi connectivity index (χ4v) is 1.70. The third-order valence-corrected chi connectivity index (χ3v) is 2.87. The van der Waals surface area contributed by atoms with E-state index < -0.39 is 17.9 Å². The Labute approximate surface area is 127 Å². The molecule has 21 heavy (non-hydrogen) atoms. The summed E-state index contributed by atoms with van der Waals surface area (Å²) in [5.74, 6) is -0.758. The molecule has 1 aromatic carbocycles. The first-order chi connectivity index (χ1) is 9.94. The Morgan fingerprint density at radius 1 is 1.29 bits per heavy atom. The number of esters is 1. The first-order valence-corrected chi connectivity index (χ1v) is 6.47. The van der Waals surface area contributed by atoms with E-state index in [2.05, 4.69) is 10.1 Å². The van der Waals surface area contributed by atoms with Crippen LogP contribution in [0.3, 0.4) is 0 Å². The molecule has 1 atom stereocenters. The number of ether oxygens (including phenoxy) is 3. The van der Waals surface area contributed by atoms with Crippen molar-refractivity contribution in [3.63, 3.8) is 0 Å². The van der Waals surface area contributed by atoms with Gasteiger partial charge in [-0.1, -0.05) is 11.6 Å². The summed E-state index contributed by atoms with van der Waals surface area (Å²) in [6, 6.07) is 1.51. The summed E-state index contributed by atoms with van der Waals surface area (Å²) in [6.45, 7) is 1.75. The zero-order valence-electron chi connectivity index (χ0n) is 11.9. The van der Waals surface area contributed by atoms with Gasteiger partial charge in [-0.25, -0.2) is 4.79 Å². The van der Waals surface area contributed by atoms with Gasteiger partial charge in [0.05, 0.1) is 31.5 Å². The van der Waals surface area contributed by atoms with Gasteiger partial charge >= 0.3 is 5.97 Å². The molecule has 1 rings (SSSR count). The van der Waals surface area contributed by atoms with Gasteiger partial charge in [0.1, 0.15) is 0 Å². The maximum atomic E-state index is 11.9. The van der Waals surface area contributed by atoms with Crippen molar-refractivity contribution in [3.8, 4) is 11.5 Å². The number of hydrogen-bond donors (Lipinski definition) is 2. The molecule has 0 aliphatic carbocycles. The van der Waals surface area contributed by atoms with Crippen molar-refractivity contribution in [3.05, 3.63) is 17.2 Å². The first-order valence-electron chi connectivity index (χ1n) is 6.09. The molecule has 3 N–H and O–H groups in total. The lowest BCUT2D eigenvalue weighted by atomic mass is 10.2. The van der Waals surface area contributed by atoms with E-state index in [0.29, 0.717) is 11.5 Å². The molecule has 116 valence electrons. The predicted octanol–water partition coefficient (Wildman–Crippen LogP) is 1.19. The van der Waals surface area contributed by atoms with Gasteiger partial charge in [0, 0.05) is 12.1 Å². The standard InChI is InChI=1S/C13H17ClN2O5/c1-4-21-13(18)11(15)12(17)16-8-6-10(20-3)9(19-2)5-7(8)14/h5-6,11H,4,15H2,1-3H3,(H,16,17). The Balaban J connectivity index is 2.92. The fourth-order valence-electron chi connectivity index (χ4n) is 1.50. The summed E-state index contributed by atoms with van der Waals surface area (Å²) in [6.07, 6.45) is 0. The molecular weight excluding hydrogens is 300 g/mol. The van der Waals surface area contributed by atoms with Crippen LogP contribution in [0.2, 0.25) is 5.02 Å². The number of carbonyl (C=O) groups is 2. The maximum absolute atomic E-state index is 11.9. The highest BCUT2D eigenvalue weighted by atomic mass is 35.5. The smallest absolute Gasteiger partial charge is 0.332 e. The number of carbonyl (C=O) groups excluding carboxylic acids is 2. The molecule has 1 aromatic rings. The van der Waals surface area contributed by atoms with Gasteiger partial charge in [0.25, 0.3) is 5.91 Å². The molecule has 0 aromatic heterocycles. The lowest BCUT2D eigenvalue weighted by molar-refractivity contribution is -0.146. The SMILES string of the molecule is CCOC(=O)C(N)C(=O)Nc1cc(OC)c(OC)cc1Cl. The van der Waals surface area contributed by atoms with Crippen molar-refractivity contribution >= 4 is 29.2 Å². The van der Waals surface area contributed by atoms with E-state index in [9.17, 15) is 9.59 Å². The van der Waals surface area contributed by atoms with Crippen LogP contribution in [-0.4, -0.2) is 38.7 Å². The Morgan fingerprint density at radius 2 is 1.86 bits per heavy atom. The highest BCUT2D eigenvalue weighted by Crippen LogP contribution is 2.35. The van der Waals surface area contributed by atoms with Gasteiger partial charge in [-0.2, -0.15) is 0 Å². The minimum Gasteiger partial charge on any atom is -0.493 e. The molecule has 0 fully saturated rings. The van der Waals surface area contributed by atoms with Crippen molar-refractivity contribution in [1.82, 2.24) is 0 Å². The summed E-state index contributed by atoms with van der Waals surface area (Å²) in [4.78, 5) is 23.3. The Kier molecular flexibility index (Phi) is 6.26. The summed E-state index contributed by atoms with van der Waals surface area (Å²) < 4.78 is 14.8. The number of rotatable bonds is 6. The lowest BCUT2D eigenvalue weighted by Crippen LogP contribution is -2.43. The summed E-state index contributed by atoms with van der Waals surface area (Å²) in [5.41, 5.74) is 5.73. The van der Waals surface area contributed by atoms with Crippen LogP contribution in [0.4, 0.5) is 5.69 Å². The summed E-state index contributed by atoms with van der Waals surface area (Å²) in [7, 11) is 2.91. The average molecular weight is 317 g/mol. The molecule has 0 saturated heterocycles. The first kappa shape index (κ1) is 17.1. The second-order valence-electron chi connectivity index (χ2n) is 3.91. The number of nitrogens with one attached hydrogen (secondary N) is 1. The van der Waals surface area contributed by atoms with Crippen LogP contribution in [0.5, 0.6) is 11.5 Å². The predicted molar refractivity (Wildman–Crippen MR) is 77.8 cm³/mol. The van der Waals surface area contributed by atoms with Crippen LogP contribution in [0.1, 0.15) is 6.92 Å². The van der Waals surface area contributed by atoms with E-state index in [4.69, 9.17) is 26.8 Å². The Bertz CT molecular complexity index is 536. The number of nitrogens with two attached hydrogens (primary N) is 1. The van der Waals surface area contributed by atoms with Crippen LogP contribution in [0.15, 0.2) is 12.1 Å². The quantitative estimate of drug-likeness (QED) is 0.604. The largest absolute Gasteiger partial charge is 0.493 e. The normalized spacial score (nSPS) is 11.5. The minimum atomic E-state index is -1.44. The van der Waals surface area contributed by atoms with E-state index in [-0.39, 0.29) is 17.3 Å². The van der Waals surface area contributed by atoms with E-state index >= 15 is 0 Å². The number of hydrogen-bond acceptors (Lipinski definition) is 6. The monoisotopic (exact) mass is 316 g/mol. The molecule has 0 heterocycles. The van der Waals surface area contributed by atoms with E-state index in [1.54, 1.807) is 6.92 Å². The van der Waals surface area contributed by atoms with Crippen LogP contribution in [0, 0.1) is 0 Å². The Morgan fingerprint density at radius 3 is 2.38 bits per heavy atom. The van der Waals surface area contributed by atoms with E-state index in [0.717, 1.165) is 0 Å². The van der Waals surface area contributed by atoms with Crippen LogP contribution in [0.25, 0.3) is 0 Å². The molecule has 8 heteroatoms. The third-order valence-electron chi connectivity index (χ3n) is 2.55. The summed E-state index contributed by atoms with van der Waals surface area (Å²) >= 11 is 6.02. The number of anilines is 1. The molecule has 1 unspecified atom stereocenters. The van der Waals surface area contributed by atoms with Gasteiger partial charge in [-0.3, -0.25) is 4.79 Å². The average Bonchev–Trinajstić information content (AvgIpc) is 2.48. The van der Waals surface area contributed by atoms with Gasteiger partial charge in [0.15, 0.2) is 17.5 Å². The van der Waals surface area contributed by atoms with Crippen molar-refractivity contribution in [2.75, 3.05) is 26.1 Å². The maximum Gasteiger partial charge on any atom is 0.332 e. The highest BCUT2D eigenvalue weighted by Gasteiger charge is 2.24. The van der Waals surface area contributed by atoms with Crippen LogP contribution in [-0.2, 0) is 14.3 Å². The molecule has 0 bridgehead atoms. The zero-order valence-corrected chi connectivity index (χ0v) is 12.7. The van der Waals surface area contributed by atoms with E-state index in [1.807, 2.05) is 0 Å². The molecule has 0 saturated carbocycles. The molecule has 1 amide bonds. The number of halogens is 1.